The second-order valence-electron chi connectivity index (χ2n) is 4.70. The van der Waals surface area contributed by atoms with E-state index in [2.05, 4.69) is 31.2 Å². The SMILES string of the molecule is C/C(=C1/C=Cc2ccccc2C1=N)c1ccccc1. The first-order valence-electron chi connectivity index (χ1n) is 6.40. The predicted octanol–water partition coefficient (Wildman–Crippen LogP) is 4.55. The molecule has 1 N–H and O–H groups in total. The Balaban J connectivity index is 2.12. The molecule has 3 rings (SSSR count). The number of hydrogen-bond donors (Lipinski definition) is 1. The molecule has 2 aromatic carbocycles. The van der Waals surface area contributed by atoms with Crippen LogP contribution in [0.1, 0.15) is 23.6 Å². The number of benzene rings is 2. The Morgan fingerprint density at radius 2 is 1.53 bits per heavy atom. The van der Waals surface area contributed by atoms with E-state index in [0.717, 1.165) is 22.3 Å². The van der Waals surface area contributed by atoms with Gasteiger partial charge in [-0.15, -0.1) is 0 Å². The smallest absolute Gasteiger partial charge is 0.0693 e. The molecule has 0 aliphatic heterocycles. The molecule has 1 aliphatic carbocycles. The van der Waals surface area contributed by atoms with Crippen LogP contribution in [-0.4, -0.2) is 5.71 Å². The molecule has 0 spiro atoms. The highest BCUT2D eigenvalue weighted by atomic mass is 14.4. The zero-order valence-corrected chi connectivity index (χ0v) is 10.9. The summed E-state index contributed by atoms with van der Waals surface area (Å²) < 4.78 is 0. The van der Waals surface area contributed by atoms with Crippen molar-refractivity contribution in [3.63, 3.8) is 0 Å². The van der Waals surface area contributed by atoms with Gasteiger partial charge in [-0.3, -0.25) is 5.41 Å². The Labute approximate surface area is 113 Å². The number of rotatable bonds is 1. The summed E-state index contributed by atoms with van der Waals surface area (Å²) in [4.78, 5) is 0. The highest BCUT2D eigenvalue weighted by Crippen LogP contribution is 2.28. The Morgan fingerprint density at radius 3 is 2.32 bits per heavy atom. The van der Waals surface area contributed by atoms with E-state index in [1.807, 2.05) is 42.5 Å². The summed E-state index contributed by atoms with van der Waals surface area (Å²) in [6.07, 6.45) is 4.14. The molecule has 0 radical (unpaired) electrons. The van der Waals surface area contributed by atoms with Crippen LogP contribution in [0.25, 0.3) is 11.6 Å². The van der Waals surface area contributed by atoms with Crippen molar-refractivity contribution in [3.8, 4) is 0 Å². The maximum absolute atomic E-state index is 8.40. The Morgan fingerprint density at radius 1 is 0.842 bits per heavy atom. The van der Waals surface area contributed by atoms with Gasteiger partial charge in [0.2, 0.25) is 0 Å². The molecule has 0 aromatic heterocycles. The number of fused-ring (bicyclic) bond motifs is 1. The fourth-order valence-electron chi connectivity index (χ4n) is 2.43. The average molecular weight is 245 g/mol. The molecule has 0 saturated heterocycles. The summed E-state index contributed by atoms with van der Waals surface area (Å²) in [5.41, 5.74) is 6.07. The average Bonchev–Trinajstić information content (AvgIpc) is 2.48. The maximum atomic E-state index is 8.40. The second kappa shape index (κ2) is 4.69. The van der Waals surface area contributed by atoms with Crippen molar-refractivity contribution in [2.24, 2.45) is 0 Å². The summed E-state index contributed by atoms with van der Waals surface area (Å²) in [5, 5.41) is 8.40. The minimum Gasteiger partial charge on any atom is -0.300 e. The fraction of sp³-hybridized carbons (Fsp3) is 0.0556. The van der Waals surface area contributed by atoms with E-state index in [4.69, 9.17) is 5.41 Å². The molecule has 0 heterocycles. The Kier molecular flexibility index (Phi) is 2.88. The molecule has 2 aromatic rings. The molecule has 92 valence electrons. The van der Waals surface area contributed by atoms with Gasteiger partial charge in [-0.25, -0.2) is 0 Å². The predicted molar refractivity (Wildman–Crippen MR) is 81.3 cm³/mol. The first-order valence-corrected chi connectivity index (χ1v) is 6.40. The lowest BCUT2D eigenvalue weighted by molar-refractivity contribution is 1.43. The van der Waals surface area contributed by atoms with Crippen molar-refractivity contribution in [1.29, 1.82) is 5.41 Å². The summed E-state index contributed by atoms with van der Waals surface area (Å²) in [5.74, 6) is 0. The largest absolute Gasteiger partial charge is 0.300 e. The van der Waals surface area contributed by atoms with E-state index in [1.54, 1.807) is 0 Å². The Hall–Kier alpha value is -2.41. The molecular formula is C18H15N. The summed E-state index contributed by atoms with van der Waals surface area (Å²) in [6, 6.07) is 18.3. The standard InChI is InChI=1S/C18H15N/c1-13(14-7-3-2-4-8-14)16-12-11-15-9-5-6-10-17(15)18(16)19/h2-12,19H,1H3/b16-13+,19-18?. The zero-order valence-electron chi connectivity index (χ0n) is 10.9. The van der Waals surface area contributed by atoms with Crippen LogP contribution >= 0.6 is 0 Å². The van der Waals surface area contributed by atoms with Gasteiger partial charge in [-0.1, -0.05) is 66.7 Å². The lowest BCUT2D eigenvalue weighted by Gasteiger charge is -2.17. The minimum absolute atomic E-state index is 0.611. The third-order valence-corrected chi connectivity index (χ3v) is 3.54. The molecule has 0 bridgehead atoms. The van der Waals surface area contributed by atoms with Gasteiger partial charge in [0.15, 0.2) is 0 Å². The highest BCUT2D eigenvalue weighted by molar-refractivity contribution is 6.20. The fourth-order valence-corrected chi connectivity index (χ4v) is 2.43. The van der Waals surface area contributed by atoms with E-state index >= 15 is 0 Å². The van der Waals surface area contributed by atoms with Crippen LogP contribution in [0.15, 0.2) is 66.2 Å². The minimum atomic E-state index is 0.611. The van der Waals surface area contributed by atoms with Crippen LogP contribution in [0.2, 0.25) is 0 Å². The van der Waals surface area contributed by atoms with Gasteiger partial charge in [0.05, 0.1) is 5.71 Å². The van der Waals surface area contributed by atoms with Crippen LogP contribution < -0.4 is 0 Å². The monoisotopic (exact) mass is 245 g/mol. The number of nitrogens with one attached hydrogen (secondary N) is 1. The van der Waals surface area contributed by atoms with Crippen molar-refractivity contribution in [2.75, 3.05) is 0 Å². The normalized spacial score (nSPS) is 16.2. The lowest BCUT2D eigenvalue weighted by atomic mass is 9.87. The van der Waals surface area contributed by atoms with Crippen LogP contribution in [0.4, 0.5) is 0 Å². The Bertz CT molecular complexity index is 691. The van der Waals surface area contributed by atoms with E-state index < -0.39 is 0 Å². The lowest BCUT2D eigenvalue weighted by Crippen LogP contribution is -2.09. The quantitative estimate of drug-likeness (QED) is 0.761. The van der Waals surface area contributed by atoms with E-state index in [-0.39, 0.29) is 0 Å². The van der Waals surface area contributed by atoms with Crippen LogP contribution in [0, 0.1) is 5.41 Å². The van der Waals surface area contributed by atoms with Gasteiger partial charge in [0.25, 0.3) is 0 Å². The molecule has 1 aliphatic rings. The van der Waals surface area contributed by atoms with Gasteiger partial charge in [0.1, 0.15) is 0 Å². The first kappa shape index (κ1) is 11.7. The van der Waals surface area contributed by atoms with Gasteiger partial charge < -0.3 is 0 Å². The molecule has 0 saturated carbocycles. The molecule has 0 fully saturated rings. The van der Waals surface area contributed by atoms with Gasteiger partial charge in [0, 0.05) is 11.1 Å². The van der Waals surface area contributed by atoms with E-state index in [0.29, 0.717) is 5.71 Å². The highest BCUT2D eigenvalue weighted by Gasteiger charge is 2.16. The molecule has 0 atom stereocenters. The van der Waals surface area contributed by atoms with Crippen molar-refractivity contribution < 1.29 is 0 Å². The van der Waals surface area contributed by atoms with Crippen molar-refractivity contribution in [3.05, 3.63) is 82.9 Å². The van der Waals surface area contributed by atoms with Crippen LogP contribution in [-0.2, 0) is 0 Å². The number of hydrogen-bond acceptors (Lipinski definition) is 1. The first-order chi connectivity index (χ1) is 9.27. The molecule has 1 heteroatoms. The second-order valence-corrected chi connectivity index (χ2v) is 4.70. The molecule has 0 amide bonds. The number of allylic oxidation sites excluding steroid dienone is 3. The maximum Gasteiger partial charge on any atom is 0.0693 e. The molecule has 19 heavy (non-hydrogen) atoms. The molecule has 1 nitrogen and oxygen atoms in total. The van der Waals surface area contributed by atoms with Gasteiger partial charge in [-0.05, 0) is 23.6 Å². The van der Waals surface area contributed by atoms with E-state index in [9.17, 15) is 0 Å². The van der Waals surface area contributed by atoms with Crippen LogP contribution in [0.5, 0.6) is 0 Å². The van der Waals surface area contributed by atoms with Crippen molar-refractivity contribution >= 4 is 17.4 Å². The van der Waals surface area contributed by atoms with Crippen molar-refractivity contribution in [2.45, 2.75) is 6.92 Å². The summed E-state index contributed by atoms with van der Waals surface area (Å²) >= 11 is 0. The van der Waals surface area contributed by atoms with Gasteiger partial charge >= 0.3 is 0 Å². The zero-order chi connectivity index (χ0) is 13.2. The topological polar surface area (TPSA) is 23.9 Å². The molecule has 0 unspecified atom stereocenters. The summed E-state index contributed by atoms with van der Waals surface area (Å²) in [6.45, 7) is 2.08. The van der Waals surface area contributed by atoms with Crippen LogP contribution in [0.3, 0.4) is 0 Å². The van der Waals surface area contributed by atoms with E-state index in [1.165, 1.54) is 5.56 Å². The van der Waals surface area contributed by atoms with Crippen molar-refractivity contribution in [1.82, 2.24) is 0 Å². The summed E-state index contributed by atoms with van der Waals surface area (Å²) in [7, 11) is 0. The third kappa shape index (κ3) is 2.04. The van der Waals surface area contributed by atoms with Gasteiger partial charge in [-0.2, -0.15) is 0 Å². The molecular weight excluding hydrogens is 230 g/mol. The third-order valence-electron chi connectivity index (χ3n) is 3.54.